The van der Waals surface area contributed by atoms with E-state index in [1.807, 2.05) is 48.5 Å². The predicted molar refractivity (Wildman–Crippen MR) is 281 cm³/mol. The number of unbranched alkanes of at least 4 members (excludes halogenated alkanes) is 6. The monoisotopic (exact) mass is 886 g/mol. The summed E-state index contributed by atoms with van der Waals surface area (Å²) < 4.78 is 4.92. The molecule has 0 fully saturated rings. The maximum absolute atomic E-state index is 11.6. The number of hydrogen-bond acceptors (Lipinski definition) is 3. The molecule has 0 radical (unpaired) electrons. The van der Waals surface area contributed by atoms with Gasteiger partial charge in [0.2, 0.25) is 0 Å². The largest absolute Gasteiger partial charge is 0.477 e. The van der Waals surface area contributed by atoms with Crippen molar-refractivity contribution in [2.24, 2.45) is 0 Å². The van der Waals surface area contributed by atoms with Gasteiger partial charge >= 0.3 is 5.97 Å². The fourth-order valence-electron chi connectivity index (χ4n) is 9.29. The van der Waals surface area contributed by atoms with Gasteiger partial charge in [0.15, 0.2) is 0 Å². The fraction of sp³-hybridized carbons (Fsp3) is 0.194. The van der Waals surface area contributed by atoms with Crippen molar-refractivity contribution < 1.29 is 9.90 Å². The van der Waals surface area contributed by atoms with Crippen molar-refractivity contribution >= 4 is 72.7 Å². The number of aryl methyl sites for hydroxylation is 2. The number of fused-ring (bicyclic) bond motifs is 6. The molecule has 9 aromatic rings. The second kappa shape index (κ2) is 20.9. The van der Waals surface area contributed by atoms with Crippen LogP contribution in [0.5, 0.6) is 0 Å². The lowest BCUT2D eigenvalue weighted by atomic mass is 10.1. The van der Waals surface area contributed by atoms with Gasteiger partial charge in [-0.3, -0.25) is 0 Å². The van der Waals surface area contributed by atoms with Gasteiger partial charge in [0.05, 0.1) is 0 Å². The minimum Gasteiger partial charge on any atom is -0.477 e. The molecule has 0 aliphatic heterocycles. The zero-order valence-electron chi connectivity index (χ0n) is 38.8. The third-order valence-electron chi connectivity index (χ3n) is 12.8. The highest BCUT2D eigenvalue weighted by Crippen LogP contribution is 2.36. The Morgan fingerprint density at radius 3 is 1.32 bits per heavy atom. The van der Waals surface area contributed by atoms with Gasteiger partial charge in [0.25, 0.3) is 0 Å². The Labute approximate surface area is 399 Å². The van der Waals surface area contributed by atoms with Crippen LogP contribution in [0.2, 0.25) is 0 Å². The average Bonchev–Trinajstić information content (AvgIpc) is 3.86. The van der Waals surface area contributed by atoms with Crippen LogP contribution in [0.25, 0.3) is 49.7 Å². The Balaban J connectivity index is 0.991. The molecule has 0 aliphatic rings. The number of benzene rings is 7. The Morgan fingerprint density at radius 2 is 0.897 bits per heavy atom. The molecule has 2 heterocycles. The van der Waals surface area contributed by atoms with Crippen LogP contribution in [-0.2, 0) is 17.9 Å². The standard InChI is InChI=1S/C62H54N4O2/c1-3-5-7-13-39-64-58-17-11-9-15-54(58)56-42-48(29-37-60(56)64)21-19-45-23-31-51(32-24-45)66(53-35-27-47(28-36-53)41-50(44-63)62(67)68)52-33-25-46(26-34-52)20-22-49-30-38-61-57(43-49)55-16-10-12-18-59(55)65(61)40-14-8-6-4-2/h9-12,15-18,23-38,41-43H,3-8,13-14,39-40H2,1-2H3,(H,67,68)/b50-41-. The first-order valence-corrected chi connectivity index (χ1v) is 23.9. The lowest BCUT2D eigenvalue weighted by molar-refractivity contribution is -0.132. The van der Waals surface area contributed by atoms with Crippen LogP contribution in [0.4, 0.5) is 17.1 Å². The number of aromatic nitrogens is 2. The van der Waals surface area contributed by atoms with Gasteiger partial charge in [-0.15, -0.1) is 0 Å². The van der Waals surface area contributed by atoms with Crippen LogP contribution in [0.1, 0.15) is 93.0 Å². The maximum Gasteiger partial charge on any atom is 0.346 e. The van der Waals surface area contributed by atoms with Crippen molar-refractivity contribution in [1.82, 2.24) is 9.13 Å². The van der Waals surface area contributed by atoms with Crippen molar-refractivity contribution in [3.63, 3.8) is 0 Å². The molecule has 0 atom stereocenters. The van der Waals surface area contributed by atoms with Crippen molar-refractivity contribution in [2.45, 2.75) is 78.3 Å². The van der Waals surface area contributed by atoms with E-state index in [4.69, 9.17) is 0 Å². The Hall–Kier alpha value is -8.24. The number of aliphatic carboxylic acids is 1. The highest BCUT2D eigenvalue weighted by Gasteiger charge is 2.15. The van der Waals surface area contributed by atoms with Crippen molar-refractivity contribution in [3.8, 4) is 29.8 Å². The quantitative estimate of drug-likeness (QED) is 0.0482. The molecule has 68 heavy (non-hydrogen) atoms. The second-order valence-electron chi connectivity index (χ2n) is 17.4. The molecule has 9 rings (SSSR count). The topological polar surface area (TPSA) is 74.2 Å². The third-order valence-corrected chi connectivity index (χ3v) is 12.8. The normalized spacial score (nSPS) is 11.3. The number of nitriles is 1. The van der Waals surface area contributed by atoms with Crippen LogP contribution in [0.3, 0.4) is 0 Å². The van der Waals surface area contributed by atoms with Crippen LogP contribution < -0.4 is 4.90 Å². The first kappa shape index (κ1) is 44.9. The number of para-hydroxylation sites is 2. The number of hydrogen-bond donors (Lipinski definition) is 1. The van der Waals surface area contributed by atoms with E-state index in [0.29, 0.717) is 5.56 Å². The molecule has 0 amide bonds. The summed E-state index contributed by atoms with van der Waals surface area (Å²) in [5, 5.41) is 23.8. The van der Waals surface area contributed by atoms with E-state index in [2.05, 4.69) is 161 Å². The molecule has 6 nitrogen and oxygen atoms in total. The van der Waals surface area contributed by atoms with E-state index in [9.17, 15) is 15.2 Å². The van der Waals surface area contributed by atoms with Crippen molar-refractivity contribution in [3.05, 3.63) is 191 Å². The SMILES string of the molecule is CCCCCCn1c2ccccc2c2cc(C#Cc3ccc(N(c4ccc(C#Cc5ccc6c(c5)c5ccccc5n6CCCCCC)cc4)c4ccc(/C=C(/C#N)C(=O)O)cc4)cc3)ccc21. The molecule has 7 aromatic carbocycles. The minimum absolute atomic E-state index is 0.322. The van der Waals surface area contributed by atoms with Crippen LogP contribution in [0.15, 0.2) is 163 Å². The van der Waals surface area contributed by atoms with Gasteiger partial charge in [-0.1, -0.05) is 125 Å². The molecule has 2 aromatic heterocycles. The summed E-state index contributed by atoms with van der Waals surface area (Å²) in [6.07, 6.45) is 11.2. The van der Waals surface area contributed by atoms with Gasteiger partial charge < -0.3 is 19.1 Å². The van der Waals surface area contributed by atoms with E-state index in [-0.39, 0.29) is 5.57 Å². The number of carboxylic acid groups (broad SMARTS) is 1. The number of nitrogens with zero attached hydrogens (tertiary/aromatic N) is 4. The predicted octanol–water partition coefficient (Wildman–Crippen LogP) is 15.3. The van der Waals surface area contributed by atoms with E-state index in [0.717, 1.165) is 52.4 Å². The number of carbonyl (C=O) groups is 1. The highest BCUT2D eigenvalue weighted by molar-refractivity contribution is 6.09. The van der Waals surface area contributed by atoms with E-state index in [1.54, 1.807) is 6.07 Å². The van der Waals surface area contributed by atoms with E-state index in [1.165, 1.54) is 101 Å². The molecular weight excluding hydrogens is 833 g/mol. The number of carboxylic acids is 1. The Kier molecular flexibility index (Phi) is 13.8. The lowest BCUT2D eigenvalue weighted by Gasteiger charge is -2.25. The van der Waals surface area contributed by atoms with Crippen LogP contribution >= 0.6 is 0 Å². The maximum atomic E-state index is 11.6. The Morgan fingerprint density at radius 1 is 0.500 bits per heavy atom. The molecule has 0 saturated carbocycles. The Bertz CT molecular complexity index is 3280. The molecule has 0 saturated heterocycles. The molecule has 0 aliphatic carbocycles. The summed E-state index contributed by atoms with van der Waals surface area (Å²) in [5.41, 5.74) is 11.8. The van der Waals surface area contributed by atoms with Crippen LogP contribution in [0, 0.1) is 35.0 Å². The van der Waals surface area contributed by atoms with Gasteiger partial charge in [-0.2, -0.15) is 5.26 Å². The first-order chi connectivity index (χ1) is 33.4. The molecule has 6 heteroatoms. The van der Waals surface area contributed by atoms with E-state index < -0.39 is 5.97 Å². The van der Waals surface area contributed by atoms with Gasteiger partial charge in [-0.05, 0) is 134 Å². The third kappa shape index (κ3) is 9.81. The molecule has 1 N–H and O–H groups in total. The van der Waals surface area contributed by atoms with Gasteiger partial charge in [-0.25, -0.2) is 4.79 Å². The van der Waals surface area contributed by atoms with Crippen molar-refractivity contribution in [2.75, 3.05) is 4.90 Å². The molecule has 334 valence electrons. The molecule has 0 unspecified atom stereocenters. The smallest absolute Gasteiger partial charge is 0.346 e. The highest BCUT2D eigenvalue weighted by atomic mass is 16.4. The summed E-state index contributed by atoms with van der Waals surface area (Å²) in [7, 11) is 0. The second-order valence-corrected chi connectivity index (χ2v) is 17.4. The minimum atomic E-state index is -1.26. The number of rotatable bonds is 15. The van der Waals surface area contributed by atoms with Crippen LogP contribution in [-0.4, -0.2) is 20.2 Å². The summed E-state index contributed by atoms with van der Waals surface area (Å²) in [6.45, 7) is 6.52. The summed E-state index contributed by atoms with van der Waals surface area (Å²) >= 11 is 0. The summed E-state index contributed by atoms with van der Waals surface area (Å²) in [4.78, 5) is 13.7. The molecular formula is C62H54N4O2. The lowest BCUT2D eigenvalue weighted by Crippen LogP contribution is -2.10. The van der Waals surface area contributed by atoms with Crippen molar-refractivity contribution in [1.29, 1.82) is 5.26 Å². The summed E-state index contributed by atoms with van der Waals surface area (Å²) in [5.74, 6) is 12.4. The zero-order chi connectivity index (χ0) is 46.8. The molecule has 0 bridgehead atoms. The molecule has 0 spiro atoms. The van der Waals surface area contributed by atoms with Gasteiger partial charge in [0, 0.05) is 96.0 Å². The number of anilines is 3. The zero-order valence-corrected chi connectivity index (χ0v) is 38.8. The average molecular weight is 887 g/mol. The summed E-state index contributed by atoms with van der Waals surface area (Å²) in [6, 6.07) is 56.2. The fourth-order valence-corrected chi connectivity index (χ4v) is 9.29. The first-order valence-electron chi connectivity index (χ1n) is 23.9. The van der Waals surface area contributed by atoms with Gasteiger partial charge in [0.1, 0.15) is 11.6 Å². The van der Waals surface area contributed by atoms with E-state index >= 15 is 0 Å².